The van der Waals surface area contributed by atoms with Gasteiger partial charge in [0.15, 0.2) is 0 Å². The van der Waals surface area contributed by atoms with Crippen molar-refractivity contribution < 1.29 is 5.11 Å². The molecule has 15 heavy (non-hydrogen) atoms. The standard InChI is InChI=1S/C9H12N2O3S/c12-5-6-1-2-8(15-6)11-4-3-7(13)10-9(11)14/h3-4,6,8,12H,1-2,5H2,(H,10,13,14)/t6-,8+/m1/s1. The van der Waals surface area contributed by atoms with E-state index < -0.39 is 0 Å². The van der Waals surface area contributed by atoms with Gasteiger partial charge in [-0.15, -0.1) is 11.8 Å². The van der Waals surface area contributed by atoms with Crippen molar-refractivity contribution in [2.24, 2.45) is 0 Å². The summed E-state index contributed by atoms with van der Waals surface area (Å²) in [6.45, 7) is 0.138. The number of hydrogen-bond acceptors (Lipinski definition) is 4. The van der Waals surface area contributed by atoms with Gasteiger partial charge in [0.2, 0.25) is 0 Å². The number of hydrogen-bond donors (Lipinski definition) is 2. The molecule has 0 bridgehead atoms. The molecule has 2 N–H and O–H groups in total. The number of H-pyrrole nitrogens is 1. The van der Waals surface area contributed by atoms with E-state index in [0.29, 0.717) is 0 Å². The van der Waals surface area contributed by atoms with Crippen LogP contribution in [0.2, 0.25) is 0 Å². The molecular formula is C9H12N2O3S. The van der Waals surface area contributed by atoms with E-state index in [4.69, 9.17) is 5.11 Å². The molecule has 1 saturated heterocycles. The van der Waals surface area contributed by atoms with Crippen molar-refractivity contribution >= 4 is 11.8 Å². The zero-order valence-electron chi connectivity index (χ0n) is 8.05. The number of aromatic amines is 1. The van der Waals surface area contributed by atoms with Crippen molar-refractivity contribution in [1.82, 2.24) is 9.55 Å². The van der Waals surface area contributed by atoms with Crippen LogP contribution in [0.1, 0.15) is 18.2 Å². The van der Waals surface area contributed by atoms with Crippen molar-refractivity contribution in [3.8, 4) is 0 Å². The van der Waals surface area contributed by atoms with Gasteiger partial charge < -0.3 is 5.11 Å². The summed E-state index contributed by atoms with van der Waals surface area (Å²) in [4.78, 5) is 24.5. The summed E-state index contributed by atoms with van der Waals surface area (Å²) >= 11 is 1.57. The predicted molar refractivity (Wildman–Crippen MR) is 58.1 cm³/mol. The lowest BCUT2D eigenvalue weighted by molar-refractivity contribution is 0.292. The Kier molecular flexibility index (Phi) is 2.97. The summed E-state index contributed by atoms with van der Waals surface area (Å²) in [6.07, 6.45) is 3.26. The minimum absolute atomic E-state index is 0.0338. The molecule has 0 aromatic carbocycles. The van der Waals surface area contributed by atoms with Gasteiger partial charge in [-0.25, -0.2) is 4.79 Å². The highest BCUT2D eigenvalue weighted by Crippen LogP contribution is 2.39. The zero-order chi connectivity index (χ0) is 10.8. The van der Waals surface area contributed by atoms with Crippen molar-refractivity contribution in [2.75, 3.05) is 6.61 Å². The van der Waals surface area contributed by atoms with Crippen molar-refractivity contribution in [3.05, 3.63) is 33.1 Å². The van der Waals surface area contributed by atoms with Gasteiger partial charge in [0, 0.05) is 17.5 Å². The van der Waals surface area contributed by atoms with E-state index in [1.54, 1.807) is 11.8 Å². The lowest BCUT2D eigenvalue weighted by Crippen LogP contribution is -2.29. The molecule has 2 atom stereocenters. The highest BCUT2D eigenvalue weighted by molar-refractivity contribution is 8.00. The molecule has 1 aromatic rings. The van der Waals surface area contributed by atoms with E-state index >= 15 is 0 Å². The molecule has 0 unspecified atom stereocenters. The van der Waals surface area contributed by atoms with E-state index in [-0.39, 0.29) is 28.5 Å². The Morgan fingerprint density at radius 1 is 1.53 bits per heavy atom. The molecule has 5 nitrogen and oxygen atoms in total. The highest BCUT2D eigenvalue weighted by Gasteiger charge is 2.26. The van der Waals surface area contributed by atoms with Crippen LogP contribution in [-0.4, -0.2) is 26.5 Å². The predicted octanol–water partition coefficient (Wildman–Crippen LogP) is -0.0769. The van der Waals surface area contributed by atoms with Crippen molar-refractivity contribution in [1.29, 1.82) is 0 Å². The van der Waals surface area contributed by atoms with Crippen LogP contribution >= 0.6 is 11.8 Å². The van der Waals surface area contributed by atoms with Crippen LogP contribution in [0.3, 0.4) is 0 Å². The highest BCUT2D eigenvalue weighted by atomic mass is 32.2. The molecule has 6 heteroatoms. The fourth-order valence-corrected chi connectivity index (χ4v) is 3.05. The summed E-state index contributed by atoms with van der Waals surface area (Å²) in [6, 6.07) is 1.34. The Morgan fingerprint density at radius 2 is 2.33 bits per heavy atom. The number of nitrogens with one attached hydrogen (secondary N) is 1. The second kappa shape index (κ2) is 4.24. The van der Waals surface area contributed by atoms with Crippen molar-refractivity contribution in [3.63, 3.8) is 0 Å². The van der Waals surface area contributed by atoms with Gasteiger partial charge in [0.25, 0.3) is 5.56 Å². The maximum absolute atomic E-state index is 11.5. The fraction of sp³-hybridized carbons (Fsp3) is 0.556. The monoisotopic (exact) mass is 228 g/mol. The lowest BCUT2D eigenvalue weighted by Gasteiger charge is -2.12. The SMILES string of the molecule is O=c1ccn([C@@H]2CC[C@H](CO)S2)c(=O)[nH]1. The maximum Gasteiger partial charge on any atom is 0.329 e. The van der Waals surface area contributed by atoms with E-state index in [1.807, 2.05) is 0 Å². The van der Waals surface area contributed by atoms with Gasteiger partial charge >= 0.3 is 5.69 Å². The molecule has 0 aliphatic carbocycles. The minimum Gasteiger partial charge on any atom is -0.395 e. The van der Waals surface area contributed by atoms with Gasteiger partial charge in [0.1, 0.15) is 0 Å². The van der Waals surface area contributed by atoms with Gasteiger partial charge in [-0.1, -0.05) is 0 Å². The topological polar surface area (TPSA) is 75.1 Å². The molecule has 2 rings (SSSR count). The van der Waals surface area contributed by atoms with Gasteiger partial charge in [-0.2, -0.15) is 0 Å². The number of rotatable bonds is 2. The summed E-state index contributed by atoms with van der Waals surface area (Å²) in [5, 5.41) is 9.21. The first kappa shape index (κ1) is 10.5. The largest absolute Gasteiger partial charge is 0.395 e. The Bertz CT molecular complexity index is 453. The average Bonchev–Trinajstić information content (AvgIpc) is 2.66. The first-order valence-corrected chi connectivity index (χ1v) is 5.73. The third-order valence-electron chi connectivity index (χ3n) is 2.45. The van der Waals surface area contributed by atoms with Crippen LogP contribution in [0.5, 0.6) is 0 Å². The van der Waals surface area contributed by atoms with E-state index in [1.165, 1.54) is 16.8 Å². The third kappa shape index (κ3) is 2.15. The van der Waals surface area contributed by atoms with Crippen molar-refractivity contribution in [2.45, 2.75) is 23.5 Å². The molecule has 2 heterocycles. The molecule has 1 aliphatic rings. The van der Waals surface area contributed by atoms with Crippen LogP contribution in [0.4, 0.5) is 0 Å². The second-order valence-corrected chi connectivity index (χ2v) is 4.97. The molecule has 0 spiro atoms. The number of aliphatic hydroxyl groups excluding tert-OH is 1. The van der Waals surface area contributed by atoms with E-state index in [2.05, 4.69) is 4.98 Å². The van der Waals surface area contributed by atoms with Crippen LogP contribution in [0.25, 0.3) is 0 Å². The molecule has 1 aromatic heterocycles. The van der Waals surface area contributed by atoms with Crippen LogP contribution in [0.15, 0.2) is 21.9 Å². The van der Waals surface area contributed by atoms with Gasteiger partial charge in [0.05, 0.1) is 12.0 Å². The normalized spacial score (nSPS) is 25.7. The number of nitrogens with zero attached hydrogens (tertiary/aromatic N) is 1. The zero-order valence-corrected chi connectivity index (χ0v) is 8.87. The fourth-order valence-electron chi connectivity index (χ4n) is 1.68. The summed E-state index contributed by atoms with van der Waals surface area (Å²) in [7, 11) is 0. The Labute approximate surface area is 90.1 Å². The van der Waals surface area contributed by atoms with Crippen LogP contribution < -0.4 is 11.2 Å². The first-order chi connectivity index (χ1) is 7.20. The van der Waals surface area contributed by atoms with E-state index in [9.17, 15) is 9.59 Å². The molecule has 1 fully saturated rings. The van der Waals surface area contributed by atoms with Gasteiger partial charge in [-0.05, 0) is 12.8 Å². The molecule has 0 radical (unpaired) electrons. The van der Waals surface area contributed by atoms with Gasteiger partial charge in [-0.3, -0.25) is 14.3 Å². The summed E-state index contributed by atoms with van der Waals surface area (Å²) in [5.41, 5.74) is -0.753. The van der Waals surface area contributed by atoms with Crippen LogP contribution in [-0.2, 0) is 0 Å². The number of aromatic nitrogens is 2. The second-order valence-electron chi connectivity index (χ2n) is 3.49. The Balaban J connectivity index is 2.24. The summed E-state index contributed by atoms with van der Waals surface area (Å²) < 4.78 is 1.52. The Morgan fingerprint density at radius 3 is 2.93 bits per heavy atom. The smallest absolute Gasteiger partial charge is 0.329 e. The molecule has 0 amide bonds. The third-order valence-corrected chi connectivity index (χ3v) is 4.00. The number of thioether (sulfide) groups is 1. The summed E-state index contributed by atoms with van der Waals surface area (Å²) in [5.74, 6) is 0. The molecular weight excluding hydrogens is 216 g/mol. The average molecular weight is 228 g/mol. The maximum atomic E-state index is 11.5. The van der Waals surface area contributed by atoms with E-state index in [0.717, 1.165) is 12.8 Å². The van der Waals surface area contributed by atoms with Crippen LogP contribution in [0, 0.1) is 0 Å². The quantitative estimate of drug-likeness (QED) is 0.742. The first-order valence-electron chi connectivity index (χ1n) is 4.78. The minimum atomic E-state index is -0.377. The lowest BCUT2D eigenvalue weighted by atomic mass is 10.2. The molecule has 0 saturated carbocycles. The number of aliphatic hydroxyl groups is 1. The molecule has 1 aliphatic heterocycles. The Hall–Kier alpha value is -1.01. The molecule has 82 valence electrons.